The van der Waals surface area contributed by atoms with E-state index in [4.69, 9.17) is 9.47 Å². The van der Waals surface area contributed by atoms with Gasteiger partial charge in [0.05, 0.1) is 14.2 Å². The van der Waals surface area contributed by atoms with Crippen LogP contribution in [0.15, 0.2) is 42.5 Å². The molecule has 0 fully saturated rings. The Morgan fingerprint density at radius 3 is 2.50 bits per heavy atom. The van der Waals surface area contributed by atoms with E-state index in [1.54, 1.807) is 12.1 Å². The van der Waals surface area contributed by atoms with Crippen molar-refractivity contribution in [3.8, 4) is 17.2 Å². The molecule has 0 spiro atoms. The molecule has 0 bridgehead atoms. The summed E-state index contributed by atoms with van der Waals surface area (Å²) in [6.45, 7) is 0. The molecule has 0 saturated heterocycles. The van der Waals surface area contributed by atoms with Gasteiger partial charge in [0.2, 0.25) is 0 Å². The molecule has 0 aliphatic carbocycles. The number of ketones is 1. The van der Waals surface area contributed by atoms with Crippen molar-refractivity contribution in [1.29, 1.82) is 0 Å². The van der Waals surface area contributed by atoms with E-state index in [2.05, 4.69) is 0 Å². The molecule has 0 heterocycles. The summed E-state index contributed by atoms with van der Waals surface area (Å²) >= 11 is 0. The summed E-state index contributed by atoms with van der Waals surface area (Å²) < 4.78 is 23.3. The summed E-state index contributed by atoms with van der Waals surface area (Å²) in [4.78, 5) is 12.0. The molecule has 0 saturated carbocycles. The summed E-state index contributed by atoms with van der Waals surface area (Å²) in [5.74, 6) is -0.401. The average molecular weight is 302 g/mol. The number of methoxy groups -OCH3 is 2. The largest absolute Gasteiger partial charge is 0.507 e. The van der Waals surface area contributed by atoms with Crippen LogP contribution in [0, 0.1) is 5.82 Å². The highest BCUT2D eigenvalue weighted by atomic mass is 19.1. The number of benzene rings is 2. The van der Waals surface area contributed by atoms with Crippen LogP contribution in [0.4, 0.5) is 4.39 Å². The Hall–Kier alpha value is -2.82. The van der Waals surface area contributed by atoms with E-state index in [9.17, 15) is 14.3 Å². The first-order chi connectivity index (χ1) is 10.5. The Bertz CT molecular complexity index is 723. The number of hydrogen-bond acceptors (Lipinski definition) is 4. The first-order valence-electron chi connectivity index (χ1n) is 6.48. The number of phenols is 1. The maximum atomic E-state index is 13.6. The van der Waals surface area contributed by atoms with Gasteiger partial charge in [0, 0.05) is 17.2 Å². The monoisotopic (exact) mass is 302 g/mol. The normalized spacial score (nSPS) is 10.7. The molecule has 22 heavy (non-hydrogen) atoms. The molecule has 0 aromatic heterocycles. The third kappa shape index (κ3) is 3.44. The molecule has 0 unspecified atom stereocenters. The molecule has 2 aromatic rings. The standard InChI is InChI=1S/C17H15FO4/c1-21-13-6-3-11(16(20)10-13)4-7-15(19)12-5-8-17(22-2)14(18)9-12/h3-10,20H,1-2H3. The Labute approximate surface area is 127 Å². The Kier molecular flexibility index (Phi) is 4.78. The molecule has 1 N–H and O–H groups in total. The summed E-state index contributed by atoms with van der Waals surface area (Å²) in [7, 11) is 2.85. The van der Waals surface area contributed by atoms with Gasteiger partial charge in [-0.25, -0.2) is 4.39 Å². The minimum atomic E-state index is -0.603. The lowest BCUT2D eigenvalue weighted by Gasteiger charge is -2.04. The summed E-state index contributed by atoms with van der Waals surface area (Å²) in [6.07, 6.45) is 2.72. The van der Waals surface area contributed by atoms with Crippen LogP contribution < -0.4 is 9.47 Å². The van der Waals surface area contributed by atoms with Gasteiger partial charge in [-0.2, -0.15) is 0 Å². The van der Waals surface area contributed by atoms with Crippen LogP contribution in [-0.4, -0.2) is 25.1 Å². The van der Waals surface area contributed by atoms with Crippen molar-refractivity contribution in [2.75, 3.05) is 14.2 Å². The Balaban J connectivity index is 2.19. The molecular formula is C17H15FO4. The van der Waals surface area contributed by atoms with Crippen LogP contribution in [0.3, 0.4) is 0 Å². The third-order valence-electron chi connectivity index (χ3n) is 3.09. The maximum Gasteiger partial charge on any atom is 0.185 e. The van der Waals surface area contributed by atoms with E-state index in [0.29, 0.717) is 11.3 Å². The fraction of sp³-hybridized carbons (Fsp3) is 0.118. The van der Waals surface area contributed by atoms with Gasteiger partial charge in [-0.05, 0) is 42.5 Å². The van der Waals surface area contributed by atoms with Crippen LogP contribution in [-0.2, 0) is 0 Å². The minimum Gasteiger partial charge on any atom is -0.507 e. The lowest BCUT2D eigenvalue weighted by molar-refractivity contribution is 0.104. The predicted molar refractivity (Wildman–Crippen MR) is 81.0 cm³/mol. The topological polar surface area (TPSA) is 55.8 Å². The van der Waals surface area contributed by atoms with Crippen LogP contribution >= 0.6 is 0 Å². The van der Waals surface area contributed by atoms with Crippen LogP contribution in [0.1, 0.15) is 15.9 Å². The van der Waals surface area contributed by atoms with Crippen LogP contribution in [0.5, 0.6) is 17.2 Å². The van der Waals surface area contributed by atoms with Crippen molar-refractivity contribution < 1.29 is 23.8 Å². The molecule has 114 valence electrons. The number of phenolic OH excluding ortho intramolecular Hbond substituents is 1. The fourth-order valence-electron chi connectivity index (χ4n) is 1.87. The van der Waals surface area contributed by atoms with Gasteiger partial charge >= 0.3 is 0 Å². The van der Waals surface area contributed by atoms with Crippen molar-refractivity contribution >= 4 is 11.9 Å². The number of hydrogen-bond donors (Lipinski definition) is 1. The summed E-state index contributed by atoms with van der Waals surface area (Å²) in [5, 5.41) is 9.80. The van der Waals surface area contributed by atoms with E-state index < -0.39 is 5.82 Å². The Morgan fingerprint density at radius 1 is 1.14 bits per heavy atom. The summed E-state index contributed by atoms with van der Waals surface area (Å²) in [6, 6.07) is 8.70. The van der Waals surface area contributed by atoms with Crippen molar-refractivity contribution in [3.05, 3.63) is 59.4 Å². The second kappa shape index (κ2) is 6.76. The number of aromatic hydroxyl groups is 1. The van der Waals surface area contributed by atoms with Gasteiger partial charge in [0.1, 0.15) is 11.5 Å². The number of ether oxygens (including phenoxy) is 2. The highest BCUT2D eigenvalue weighted by Crippen LogP contribution is 2.25. The molecule has 0 aliphatic rings. The second-order valence-electron chi connectivity index (χ2n) is 4.47. The van der Waals surface area contributed by atoms with Crippen molar-refractivity contribution in [1.82, 2.24) is 0 Å². The molecule has 2 aromatic carbocycles. The van der Waals surface area contributed by atoms with Crippen molar-refractivity contribution in [3.63, 3.8) is 0 Å². The zero-order chi connectivity index (χ0) is 16.1. The Morgan fingerprint density at radius 2 is 1.91 bits per heavy atom. The first kappa shape index (κ1) is 15.6. The van der Waals surface area contributed by atoms with E-state index in [0.717, 1.165) is 6.07 Å². The quantitative estimate of drug-likeness (QED) is 0.679. The zero-order valence-corrected chi connectivity index (χ0v) is 12.2. The lowest BCUT2D eigenvalue weighted by Crippen LogP contribution is -1.97. The first-order valence-corrected chi connectivity index (χ1v) is 6.48. The second-order valence-corrected chi connectivity index (χ2v) is 4.47. The average Bonchev–Trinajstić information content (AvgIpc) is 2.53. The molecule has 0 aliphatic heterocycles. The lowest BCUT2D eigenvalue weighted by atomic mass is 10.1. The van der Waals surface area contributed by atoms with E-state index in [1.807, 2.05) is 0 Å². The molecule has 4 nitrogen and oxygen atoms in total. The van der Waals surface area contributed by atoms with Crippen LogP contribution in [0.25, 0.3) is 6.08 Å². The zero-order valence-electron chi connectivity index (χ0n) is 12.2. The van der Waals surface area contributed by atoms with Gasteiger partial charge in [-0.3, -0.25) is 4.79 Å². The smallest absolute Gasteiger partial charge is 0.185 e. The van der Waals surface area contributed by atoms with E-state index in [-0.39, 0.29) is 22.8 Å². The molecule has 5 heteroatoms. The van der Waals surface area contributed by atoms with Crippen LogP contribution in [0.2, 0.25) is 0 Å². The summed E-state index contributed by atoms with van der Waals surface area (Å²) in [5.41, 5.74) is 0.658. The number of carbonyl (C=O) groups excluding carboxylic acids is 1. The molecular weight excluding hydrogens is 287 g/mol. The van der Waals surface area contributed by atoms with Crippen molar-refractivity contribution in [2.24, 2.45) is 0 Å². The maximum absolute atomic E-state index is 13.6. The molecule has 2 rings (SSSR count). The SMILES string of the molecule is COc1ccc(C=CC(=O)c2ccc(OC)c(F)c2)c(O)c1. The van der Waals surface area contributed by atoms with Gasteiger partial charge in [-0.1, -0.05) is 0 Å². The van der Waals surface area contributed by atoms with Crippen molar-refractivity contribution in [2.45, 2.75) is 0 Å². The number of halogens is 1. The molecule has 0 atom stereocenters. The molecule has 0 radical (unpaired) electrons. The fourth-order valence-corrected chi connectivity index (χ4v) is 1.87. The van der Waals surface area contributed by atoms with E-state index >= 15 is 0 Å². The minimum absolute atomic E-state index is 0.00990. The predicted octanol–water partition coefficient (Wildman–Crippen LogP) is 3.44. The third-order valence-corrected chi connectivity index (χ3v) is 3.09. The van der Waals surface area contributed by atoms with Gasteiger partial charge < -0.3 is 14.6 Å². The number of rotatable bonds is 5. The number of carbonyl (C=O) groups is 1. The molecule has 0 amide bonds. The van der Waals surface area contributed by atoms with Gasteiger partial charge in [0.25, 0.3) is 0 Å². The highest BCUT2D eigenvalue weighted by molar-refractivity contribution is 6.07. The highest BCUT2D eigenvalue weighted by Gasteiger charge is 2.08. The van der Waals surface area contributed by atoms with E-state index in [1.165, 1.54) is 44.6 Å². The van der Waals surface area contributed by atoms with Gasteiger partial charge in [-0.15, -0.1) is 0 Å². The van der Waals surface area contributed by atoms with Gasteiger partial charge in [0.15, 0.2) is 17.3 Å². The number of allylic oxidation sites excluding steroid dienone is 1.